The van der Waals surface area contributed by atoms with Crippen molar-refractivity contribution in [2.75, 3.05) is 0 Å². The Morgan fingerprint density at radius 2 is 1.00 bits per heavy atom. The van der Waals surface area contributed by atoms with Gasteiger partial charge in [0.05, 0.1) is 0 Å². The molecule has 0 aromatic rings. The van der Waals surface area contributed by atoms with Gasteiger partial charge < -0.3 is 0 Å². The van der Waals surface area contributed by atoms with Gasteiger partial charge in [-0.3, -0.25) is 0 Å². The van der Waals surface area contributed by atoms with Gasteiger partial charge in [0.2, 0.25) is 0 Å². The summed E-state index contributed by atoms with van der Waals surface area (Å²) < 4.78 is 0. The van der Waals surface area contributed by atoms with Crippen molar-refractivity contribution in [3.05, 3.63) is 9.93 Å². The van der Waals surface area contributed by atoms with E-state index in [0.717, 1.165) is 0 Å². The van der Waals surface area contributed by atoms with Gasteiger partial charge >= 0.3 is 0 Å². The maximum absolute atomic E-state index is 7.00. The fourth-order valence-electron chi connectivity index (χ4n) is 0. The van der Waals surface area contributed by atoms with Crippen molar-refractivity contribution in [2.24, 2.45) is 0 Å². The Kier molecular flexibility index (Phi) is 88.6. The first-order valence-corrected chi connectivity index (χ1v) is 0.167. The van der Waals surface area contributed by atoms with E-state index < -0.39 is 0 Å². The molecule has 0 unspecified atom stereocenters. The molecule has 2 nitrogen and oxygen atoms in total. The molecule has 4 heteroatoms. The molecule has 0 aromatic heterocycles. The van der Waals surface area contributed by atoms with Gasteiger partial charge in [0.15, 0.2) is 0 Å². The van der Waals surface area contributed by atoms with Gasteiger partial charge in [0.25, 0.3) is 0 Å². The average Bonchev–Trinajstić information content (AvgIpc) is 1.00. The van der Waals surface area contributed by atoms with Crippen LogP contribution in [0, 0.1) is 51.7 Å². The monoisotopic (exact) mass is 262 g/mol. The van der Waals surface area contributed by atoms with Crippen LogP contribution < -0.4 is 0 Å². The van der Waals surface area contributed by atoms with E-state index in [1.54, 1.807) is 0 Å². The maximum Gasteiger partial charge on any atom is 0 e. The molecule has 0 aliphatic carbocycles. The molecule has 20 valence electrons. The first kappa shape index (κ1) is 16.9. The minimum absolute atomic E-state index is 0. The zero-order valence-corrected chi connectivity index (χ0v) is 7.41. The van der Waals surface area contributed by atoms with Gasteiger partial charge in [-0.2, -0.15) is 0 Å². The van der Waals surface area contributed by atoms with Crippen LogP contribution in [0.5, 0.6) is 0 Å². The molecule has 0 heterocycles. The van der Waals surface area contributed by atoms with Gasteiger partial charge in [0, 0.05) is 77.9 Å². The number of rotatable bonds is 0. The molecular weight excluding hydrogens is 263 g/mol. The van der Waals surface area contributed by atoms with E-state index in [-0.39, 0.29) is 68.0 Å². The van der Waals surface area contributed by atoms with Crippen LogP contribution >= 0.6 is 0 Å². The SMILES string of the molecule is O=O.[Ce].[Zr]. The number of hydrogen-bond acceptors (Lipinski definition) is 2. The minimum atomic E-state index is 0. The fourth-order valence-corrected chi connectivity index (χ4v) is 0. The van der Waals surface area contributed by atoms with Crippen LogP contribution in [0.4, 0.5) is 0 Å². The molecule has 4 heavy (non-hydrogen) atoms. The van der Waals surface area contributed by atoms with Crippen LogP contribution in [-0.4, -0.2) is 0 Å². The predicted molar refractivity (Wildman–Crippen MR) is 6.73 cm³/mol. The smallest absolute Gasteiger partial charge is 0 e. The Labute approximate surface area is 76.4 Å². The zero-order chi connectivity index (χ0) is 2.00. The van der Waals surface area contributed by atoms with Crippen molar-refractivity contribution in [3.63, 3.8) is 0 Å². The summed E-state index contributed by atoms with van der Waals surface area (Å²) in [5.41, 5.74) is 0. The first-order chi connectivity index (χ1) is 1.00. The van der Waals surface area contributed by atoms with Crippen molar-refractivity contribution < 1.29 is 68.0 Å². The van der Waals surface area contributed by atoms with Crippen molar-refractivity contribution in [3.8, 4) is 0 Å². The molecule has 0 amide bonds. The summed E-state index contributed by atoms with van der Waals surface area (Å²) >= 11 is 0. The summed E-state index contributed by atoms with van der Waals surface area (Å²) in [4.78, 5) is 14.0. The normalized spacial score (nSPS) is 1.00. The van der Waals surface area contributed by atoms with E-state index in [2.05, 4.69) is 0 Å². The molecule has 0 aliphatic heterocycles. The van der Waals surface area contributed by atoms with Crippen LogP contribution in [0.25, 0.3) is 0 Å². The van der Waals surface area contributed by atoms with Gasteiger partial charge in [-0.05, 0) is 0 Å². The molecule has 0 rings (SSSR count). The second-order valence-electron chi connectivity index (χ2n) is 0. The average molecular weight is 263 g/mol. The Morgan fingerprint density at radius 1 is 1.00 bits per heavy atom. The van der Waals surface area contributed by atoms with Crippen LogP contribution in [0.3, 0.4) is 0 Å². The third-order valence-electron chi connectivity index (χ3n) is 0. The van der Waals surface area contributed by atoms with E-state index in [4.69, 9.17) is 9.93 Å². The summed E-state index contributed by atoms with van der Waals surface area (Å²) in [6.07, 6.45) is 0. The van der Waals surface area contributed by atoms with Gasteiger partial charge in [-0.15, -0.1) is 0 Å². The Balaban J connectivity index is -0.00000000500. The topological polar surface area (TPSA) is 34.1 Å². The molecule has 0 atom stereocenters. The standard InChI is InChI=1S/Ce.O2.Zr/c;1-2;. The molecule has 0 N–H and O–H groups in total. The van der Waals surface area contributed by atoms with Crippen molar-refractivity contribution in [1.29, 1.82) is 0 Å². The van der Waals surface area contributed by atoms with Crippen molar-refractivity contribution >= 4 is 0 Å². The van der Waals surface area contributed by atoms with Crippen molar-refractivity contribution in [2.45, 2.75) is 0 Å². The van der Waals surface area contributed by atoms with Crippen molar-refractivity contribution in [1.82, 2.24) is 0 Å². The van der Waals surface area contributed by atoms with Crippen LogP contribution in [0.1, 0.15) is 0 Å². The summed E-state index contributed by atoms with van der Waals surface area (Å²) in [5.74, 6) is 0. The van der Waals surface area contributed by atoms with E-state index in [9.17, 15) is 0 Å². The van der Waals surface area contributed by atoms with Crippen LogP contribution in [0.2, 0.25) is 0 Å². The molecule has 0 radical (unpaired) electrons. The van der Waals surface area contributed by atoms with E-state index in [0.29, 0.717) is 0 Å². The second-order valence-corrected chi connectivity index (χ2v) is 0. The summed E-state index contributed by atoms with van der Waals surface area (Å²) in [5, 5.41) is 0. The number of hydrogen-bond donors (Lipinski definition) is 0. The van der Waals surface area contributed by atoms with E-state index in [1.165, 1.54) is 0 Å². The van der Waals surface area contributed by atoms with Gasteiger partial charge in [-0.1, -0.05) is 0 Å². The Hall–Kier alpha value is 1.86. The molecule has 0 aliphatic rings. The summed E-state index contributed by atoms with van der Waals surface area (Å²) in [6.45, 7) is 0. The molecule has 0 saturated heterocycles. The van der Waals surface area contributed by atoms with Gasteiger partial charge in [-0.25, -0.2) is 0 Å². The van der Waals surface area contributed by atoms with Crippen LogP contribution in [-0.2, 0) is 26.2 Å². The molecular formula is CeO2Zr. The molecule has 0 bridgehead atoms. The molecule has 0 fully saturated rings. The molecule has 0 saturated carbocycles. The molecule has 0 spiro atoms. The largest absolute Gasteiger partial charge is 0 e. The fraction of sp³-hybridized carbons (Fsp3) is 0. The molecule has 0 aromatic carbocycles. The van der Waals surface area contributed by atoms with E-state index in [1.807, 2.05) is 0 Å². The van der Waals surface area contributed by atoms with Crippen LogP contribution in [0.15, 0.2) is 0 Å². The third kappa shape index (κ3) is 9.13. The third-order valence-corrected chi connectivity index (χ3v) is 0. The summed E-state index contributed by atoms with van der Waals surface area (Å²) in [7, 11) is 0. The Bertz CT molecular complexity index is 6.00. The van der Waals surface area contributed by atoms with Gasteiger partial charge in [0.1, 0.15) is 0 Å². The zero-order valence-electron chi connectivity index (χ0n) is 1.82. The van der Waals surface area contributed by atoms with E-state index >= 15 is 0 Å². The second kappa shape index (κ2) is 20.9. The summed E-state index contributed by atoms with van der Waals surface area (Å²) in [6, 6.07) is 0. The maximum atomic E-state index is 7.00. The quantitative estimate of drug-likeness (QED) is 0.619. The Morgan fingerprint density at radius 3 is 1.00 bits per heavy atom. The minimum Gasteiger partial charge on any atom is 0 e. The first-order valence-electron chi connectivity index (χ1n) is 0.167. The predicted octanol–water partition coefficient (Wildman–Crippen LogP) is 0.0645.